The normalized spacial score (nSPS) is 10.7. The van der Waals surface area contributed by atoms with Crippen LogP contribution in [0.4, 0.5) is 5.82 Å². The van der Waals surface area contributed by atoms with Crippen molar-refractivity contribution < 1.29 is 23.7 Å². The Morgan fingerprint density at radius 1 is 0.825 bits per heavy atom. The smallest absolute Gasteiger partial charge is 0.318 e. The first-order valence-electron chi connectivity index (χ1n) is 12.6. The number of hydrogen-bond acceptors (Lipinski definition) is 9. The van der Waals surface area contributed by atoms with E-state index in [1.54, 1.807) is 18.3 Å². The van der Waals surface area contributed by atoms with Crippen LogP contribution in [0.15, 0.2) is 85.2 Å². The maximum absolute atomic E-state index is 13.8. The summed E-state index contributed by atoms with van der Waals surface area (Å²) in [5.74, 6) is 1.14. The van der Waals surface area contributed by atoms with E-state index in [2.05, 4.69) is 44.5 Å². The molecule has 2 aromatic heterocycles. The Balaban J connectivity index is 1.47. The van der Waals surface area contributed by atoms with E-state index in [4.69, 9.17) is 18.9 Å². The van der Waals surface area contributed by atoms with Crippen LogP contribution in [0.25, 0.3) is 10.8 Å². The molecule has 202 valence electrons. The van der Waals surface area contributed by atoms with Crippen molar-refractivity contribution in [1.82, 2.24) is 15.0 Å². The molecule has 0 saturated carbocycles. The summed E-state index contributed by atoms with van der Waals surface area (Å²) >= 11 is 0. The molecule has 0 saturated heterocycles. The van der Waals surface area contributed by atoms with Gasteiger partial charge in [0.1, 0.15) is 12.4 Å². The lowest BCUT2D eigenvalue weighted by molar-refractivity contribution is 0.103. The van der Waals surface area contributed by atoms with Crippen molar-refractivity contribution in [3.63, 3.8) is 0 Å². The maximum Gasteiger partial charge on any atom is 0.318 e. The number of fused-ring (bicyclic) bond motifs is 1. The minimum absolute atomic E-state index is 0.119. The summed E-state index contributed by atoms with van der Waals surface area (Å²) in [5.41, 5.74) is 2.35. The minimum atomic E-state index is -0.323. The molecule has 0 fully saturated rings. The number of ether oxygens (including phenoxy) is 4. The number of carbonyl (C=O) groups excluding carboxylic acids is 1. The number of pyridine rings is 1. The van der Waals surface area contributed by atoms with E-state index >= 15 is 0 Å². The summed E-state index contributed by atoms with van der Waals surface area (Å²) in [5, 5.41) is 5.58. The van der Waals surface area contributed by atoms with Crippen LogP contribution in [-0.4, -0.2) is 42.1 Å². The lowest BCUT2D eigenvalue weighted by Gasteiger charge is -2.15. The quantitative estimate of drug-likeness (QED) is 0.220. The number of methoxy groups -OCH3 is 3. The number of anilines is 1. The lowest BCUT2D eigenvalue weighted by Crippen LogP contribution is -2.13. The SMILES string of the molecule is COc1cc(C(=O)c2cnc(OCc3ccccn3)nc2NCc2ccc3ccccc3c2)cc(OC)c1OC. The van der Waals surface area contributed by atoms with Gasteiger partial charge in [-0.15, -0.1) is 0 Å². The molecule has 0 atom stereocenters. The highest BCUT2D eigenvalue weighted by molar-refractivity contribution is 6.12. The number of nitrogens with one attached hydrogen (secondary N) is 1. The first-order valence-corrected chi connectivity index (χ1v) is 12.6. The average Bonchev–Trinajstić information content (AvgIpc) is 3.02. The van der Waals surface area contributed by atoms with Crippen molar-refractivity contribution in [1.29, 1.82) is 0 Å². The Morgan fingerprint density at radius 2 is 1.57 bits per heavy atom. The van der Waals surface area contributed by atoms with Crippen LogP contribution in [0.5, 0.6) is 23.3 Å². The Kier molecular flexibility index (Phi) is 8.01. The van der Waals surface area contributed by atoms with E-state index in [-0.39, 0.29) is 24.0 Å². The van der Waals surface area contributed by atoms with Crippen LogP contribution in [0.2, 0.25) is 0 Å². The number of aromatic nitrogens is 3. The topological polar surface area (TPSA) is 105 Å². The molecule has 40 heavy (non-hydrogen) atoms. The van der Waals surface area contributed by atoms with Gasteiger partial charge < -0.3 is 24.3 Å². The number of ketones is 1. The Labute approximate surface area is 231 Å². The molecular weight excluding hydrogens is 508 g/mol. The number of carbonyl (C=O) groups is 1. The first-order chi connectivity index (χ1) is 19.6. The number of hydrogen-bond donors (Lipinski definition) is 1. The third-order valence-corrected chi connectivity index (χ3v) is 6.29. The van der Waals surface area contributed by atoms with Crippen LogP contribution in [0, 0.1) is 0 Å². The zero-order valence-corrected chi connectivity index (χ0v) is 22.4. The van der Waals surface area contributed by atoms with E-state index in [9.17, 15) is 4.79 Å². The second kappa shape index (κ2) is 12.1. The van der Waals surface area contributed by atoms with Gasteiger partial charge in [-0.1, -0.05) is 42.5 Å². The van der Waals surface area contributed by atoms with Gasteiger partial charge in [-0.25, -0.2) is 4.98 Å². The van der Waals surface area contributed by atoms with Crippen molar-refractivity contribution in [2.75, 3.05) is 26.6 Å². The Bertz CT molecular complexity index is 1620. The zero-order valence-electron chi connectivity index (χ0n) is 22.4. The molecule has 0 aliphatic rings. The Morgan fingerprint density at radius 3 is 2.27 bits per heavy atom. The molecular formula is C31H28N4O5. The molecule has 1 N–H and O–H groups in total. The highest BCUT2D eigenvalue weighted by Gasteiger charge is 2.22. The van der Waals surface area contributed by atoms with Gasteiger partial charge in [-0.3, -0.25) is 9.78 Å². The molecule has 0 aliphatic carbocycles. The fourth-order valence-electron chi connectivity index (χ4n) is 4.26. The predicted molar refractivity (Wildman–Crippen MR) is 151 cm³/mol. The molecule has 2 heterocycles. The number of nitrogens with zero attached hydrogens (tertiary/aromatic N) is 3. The molecule has 0 unspecified atom stereocenters. The second-order valence-corrected chi connectivity index (χ2v) is 8.80. The molecule has 5 aromatic rings. The van der Waals surface area contributed by atoms with Gasteiger partial charge in [0, 0.05) is 24.5 Å². The van der Waals surface area contributed by atoms with E-state index in [1.165, 1.54) is 27.5 Å². The molecule has 0 spiro atoms. The number of benzene rings is 3. The van der Waals surface area contributed by atoms with Gasteiger partial charge in [-0.05, 0) is 46.7 Å². The lowest BCUT2D eigenvalue weighted by atomic mass is 10.0. The maximum atomic E-state index is 13.8. The van der Waals surface area contributed by atoms with Gasteiger partial charge in [0.05, 0.1) is 32.6 Å². The monoisotopic (exact) mass is 536 g/mol. The van der Waals surface area contributed by atoms with E-state index in [1.807, 2.05) is 36.4 Å². The second-order valence-electron chi connectivity index (χ2n) is 8.80. The predicted octanol–water partition coefficient (Wildman–Crippen LogP) is 5.47. The van der Waals surface area contributed by atoms with Gasteiger partial charge in [-0.2, -0.15) is 4.98 Å². The van der Waals surface area contributed by atoms with Gasteiger partial charge >= 0.3 is 6.01 Å². The molecule has 0 aliphatic heterocycles. The van der Waals surface area contributed by atoms with E-state index < -0.39 is 0 Å². The zero-order chi connectivity index (χ0) is 27.9. The molecule has 9 nitrogen and oxygen atoms in total. The highest BCUT2D eigenvalue weighted by atomic mass is 16.5. The summed E-state index contributed by atoms with van der Waals surface area (Å²) in [6.45, 7) is 0.613. The summed E-state index contributed by atoms with van der Waals surface area (Å²) in [4.78, 5) is 26.9. The van der Waals surface area contributed by atoms with Crippen molar-refractivity contribution in [2.24, 2.45) is 0 Å². The van der Waals surface area contributed by atoms with E-state index in [0.29, 0.717) is 35.2 Å². The third-order valence-electron chi connectivity index (χ3n) is 6.29. The molecule has 0 bridgehead atoms. The van der Waals surface area contributed by atoms with Crippen molar-refractivity contribution in [3.8, 4) is 23.3 Å². The first kappa shape index (κ1) is 26.4. The summed E-state index contributed by atoms with van der Waals surface area (Å²) in [6, 6.07) is 23.2. The van der Waals surface area contributed by atoms with Gasteiger partial charge in [0.25, 0.3) is 0 Å². The number of rotatable bonds is 11. The van der Waals surface area contributed by atoms with Crippen LogP contribution in [0.1, 0.15) is 27.2 Å². The van der Waals surface area contributed by atoms with Crippen molar-refractivity contribution in [3.05, 3.63) is 108 Å². The van der Waals surface area contributed by atoms with Gasteiger partial charge in [0.2, 0.25) is 5.75 Å². The summed E-state index contributed by atoms with van der Waals surface area (Å²) in [7, 11) is 4.51. The van der Waals surface area contributed by atoms with Crippen LogP contribution >= 0.6 is 0 Å². The molecule has 9 heteroatoms. The molecule has 0 amide bonds. The minimum Gasteiger partial charge on any atom is -0.493 e. The largest absolute Gasteiger partial charge is 0.493 e. The highest BCUT2D eigenvalue weighted by Crippen LogP contribution is 2.39. The van der Waals surface area contributed by atoms with Crippen LogP contribution < -0.4 is 24.3 Å². The Hall–Kier alpha value is -5.18. The fourth-order valence-corrected chi connectivity index (χ4v) is 4.26. The van der Waals surface area contributed by atoms with Crippen molar-refractivity contribution in [2.45, 2.75) is 13.2 Å². The summed E-state index contributed by atoms with van der Waals surface area (Å²) < 4.78 is 22.1. The van der Waals surface area contributed by atoms with Crippen LogP contribution in [0.3, 0.4) is 0 Å². The molecule has 3 aromatic carbocycles. The summed E-state index contributed by atoms with van der Waals surface area (Å²) in [6.07, 6.45) is 3.14. The fraction of sp³-hybridized carbons (Fsp3) is 0.161. The van der Waals surface area contributed by atoms with Crippen LogP contribution in [-0.2, 0) is 13.2 Å². The van der Waals surface area contributed by atoms with Crippen molar-refractivity contribution >= 4 is 22.4 Å². The average molecular weight is 537 g/mol. The van der Waals surface area contributed by atoms with E-state index in [0.717, 1.165) is 22.0 Å². The molecule has 5 rings (SSSR count). The molecule has 0 radical (unpaired) electrons. The third kappa shape index (κ3) is 5.78. The van der Waals surface area contributed by atoms with Gasteiger partial charge in [0.15, 0.2) is 17.3 Å². The standard InChI is InChI=1S/C31H28N4O5/c1-37-26-15-23(16-27(38-2)29(26)39-3)28(36)25-18-34-31(40-19-24-10-6-7-13-32-24)35-30(25)33-17-20-11-12-21-8-4-5-9-22(21)14-20/h4-16,18H,17,19H2,1-3H3,(H,33,34,35).